The van der Waals surface area contributed by atoms with E-state index >= 15 is 0 Å². The van der Waals surface area contributed by atoms with Gasteiger partial charge in [-0.25, -0.2) is 0 Å². The van der Waals surface area contributed by atoms with Gasteiger partial charge in [0.15, 0.2) is 0 Å². The van der Waals surface area contributed by atoms with Gasteiger partial charge in [-0.15, -0.1) is 0 Å². The first-order valence-corrected chi connectivity index (χ1v) is 7.77. The van der Waals surface area contributed by atoms with Gasteiger partial charge in [0.05, 0.1) is 17.6 Å². The molecule has 0 aliphatic heterocycles. The minimum Gasteiger partial charge on any atom is -0.465 e. The molecule has 0 bridgehead atoms. The van der Waals surface area contributed by atoms with Crippen LogP contribution in [0, 0.1) is 22.7 Å². The predicted molar refractivity (Wildman–Crippen MR) is 72.5 cm³/mol. The first kappa shape index (κ1) is 13.4. The highest BCUT2D eigenvalue weighted by Crippen LogP contribution is 2.69. The number of hydrogen-bond donors (Lipinski definition) is 1. The van der Waals surface area contributed by atoms with Crippen molar-refractivity contribution in [2.75, 3.05) is 6.61 Å². The van der Waals surface area contributed by atoms with Crippen LogP contribution in [-0.2, 0) is 9.53 Å². The van der Waals surface area contributed by atoms with E-state index in [0.29, 0.717) is 23.9 Å². The number of esters is 1. The average molecular weight is 266 g/mol. The fraction of sp³-hybridized carbons (Fsp3) is 0.938. The fourth-order valence-electron chi connectivity index (χ4n) is 5.39. The third-order valence-electron chi connectivity index (χ3n) is 6.39. The van der Waals surface area contributed by atoms with E-state index in [1.165, 1.54) is 0 Å². The molecule has 108 valence electrons. The second kappa shape index (κ2) is 3.97. The minimum atomic E-state index is -0.794. The number of carbonyl (C=O) groups is 1. The molecular formula is C16H26O3. The van der Waals surface area contributed by atoms with Crippen molar-refractivity contribution in [3.8, 4) is 0 Å². The second-order valence-corrected chi connectivity index (χ2v) is 7.52. The molecule has 0 radical (unpaired) electrons. The molecule has 3 nitrogen and oxygen atoms in total. The lowest BCUT2D eigenvalue weighted by molar-refractivity contribution is -0.234. The molecule has 0 heterocycles. The Labute approximate surface area is 115 Å². The van der Waals surface area contributed by atoms with Crippen molar-refractivity contribution < 1.29 is 14.6 Å². The monoisotopic (exact) mass is 266 g/mol. The Bertz CT molecular complexity index is 403. The third kappa shape index (κ3) is 1.51. The van der Waals surface area contributed by atoms with E-state index in [2.05, 4.69) is 13.8 Å². The zero-order chi connectivity index (χ0) is 13.9. The summed E-state index contributed by atoms with van der Waals surface area (Å²) in [5.41, 5.74) is -1.05. The van der Waals surface area contributed by atoms with Gasteiger partial charge in [0.2, 0.25) is 0 Å². The van der Waals surface area contributed by atoms with Crippen LogP contribution in [0.25, 0.3) is 0 Å². The molecule has 0 saturated heterocycles. The zero-order valence-corrected chi connectivity index (χ0v) is 12.4. The van der Waals surface area contributed by atoms with Crippen LogP contribution in [0.15, 0.2) is 0 Å². The van der Waals surface area contributed by atoms with Crippen LogP contribution in [0.5, 0.6) is 0 Å². The lowest BCUT2D eigenvalue weighted by atomic mass is 9.42. The van der Waals surface area contributed by atoms with Gasteiger partial charge in [-0.2, -0.15) is 0 Å². The van der Waals surface area contributed by atoms with Crippen LogP contribution in [0.2, 0.25) is 0 Å². The van der Waals surface area contributed by atoms with Crippen molar-refractivity contribution in [3.05, 3.63) is 0 Å². The Morgan fingerprint density at radius 1 is 1.26 bits per heavy atom. The first-order chi connectivity index (χ1) is 8.87. The molecule has 0 spiro atoms. The van der Waals surface area contributed by atoms with Crippen molar-refractivity contribution in [1.82, 2.24) is 0 Å². The van der Waals surface area contributed by atoms with Crippen molar-refractivity contribution >= 4 is 5.97 Å². The van der Waals surface area contributed by atoms with Gasteiger partial charge in [-0.1, -0.05) is 13.8 Å². The second-order valence-electron chi connectivity index (χ2n) is 7.52. The van der Waals surface area contributed by atoms with Crippen LogP contribution in [0.3, 0.4) is 0 Å². The molecule has 3 aliphatic rings. The molecule has 4 atom stereocenters. The number of hydrogen-bond acceptors (Lipinski definition) is 3. The summed E-state index contributed by atoms with van der Waals surface area (Å²) in [6, 6.07) is 0. The van der Waals surface area contributed by atoms with E-state index in [1.54, 1.807) is 0 Å². The van der Waals surface area contributed by atoms with Crippen molar-refractivity contribution in [2.45, 2.75) is 64.9 Å². The molecule has 0 aromatic carbocycles. The van der Waals surface area contributed by atoms with Gasteiger partial charge in [-0.3, -0.25) is 4.79 Å². The van der Waals surface area contributed by atoms with E-state index in [1.807, 2.05) is 6.92 Å². The number of rotatable bonds is 2. The normalized spacial score (nSPS) is 46.9. The van der Waals surface area contributed by atoms with E-state index < -0.39 is 11.0 Å². The first-order valence-electron chi connectivity index (χ1n) is 7.77. The number of ether oxygens (including phenoxy) is 1. The maximum atomic E-state index is 12.5. The number of aliphatic hydroxyl groups is 1. The molecule has 0 amide bonds. The molecule has 3 heteroatoms. The predicted octanol–water partition coefficient (Wildman–Crippen LogP) is 2.91. The number of carbonyl (C=O) groups excluding carboxylic acids is 1. The van der Waals surface area contributed by atoms with Crippen LogP contribution >= 0.6 is 0 Å². The van der Waals surface area contributed by atoms with Crippen molar-refractivity contribution in [2.24, 2.45) is 22.7 Å². The highest BCUT2D eigenvalue weighted by Gasteiger charge is 2.71. The third-order valence-corrected chi connectivity index (χ3v) is 6.39. The summed E-state index contributed by atoms with van der Waals surface area (Å²) in [5.74, 6) is 0.750. The minimum absolute atomic E-state index is 0.141. The smallest absolute Gasteiger partial charge is 0.315 e. The maximum absolute atomic E-state index is 12.5. The van der Waals surface area contributed by atoms with Gasteiger partial charge in [0, 0.05) is 0 Å². The molecule has 0 unspecified atom stereocenters. The fourth-order valence-corrected chi connectivity index (χ4v) is 5.39. The van der Waals surface area contributed by atoms with Crippen LogP contribution in [0.4, 0.5) is 0 Å². The molecule has 0 aromatic rings. The quantitative estimate of drug-likeness (QED) is 0.782. The van der Waals surface area contributed by atoms with Crippen LogP contribution < -0.4 is 0 Å². The molecule has 3 rings (SSSR count). The Morgan fingerprint density at radius 3 is 2.63 bits per heavy atom. The van der Waals surface area contributed by atoms with Gasteiger partial charge < -0.3 is 9.84 Å². The van der Waals surface area contributed by atoms with Gasteiger partial charge in [-0.05, 0) is 62.7 Å². The summed E-state index contributed by atoms with van der Waals surface area (Å²) in [7, 11) is 0. The topological polar surface area (TPSA) is 46.5 Å². The molecule has 3 saturated carbocycles. The SMILES string of the molecule is CCOC(=O)[C@]12CCC[C@@]1(O)[C@@H]1CC(C)(C)[C@@H]1CC2. The standard InChI is InChI=1S/C16H26O3/c1-4-19-13(17)15-7-5-8-16(15,18)12-10-14(2,3)11(12)6-9-15/h11-12,18H,4-10H2,1-3H3/t11-,12-,15-,16-/m1/s1. The van der Waals surface area contributed by atoms with E-state index in [0.717, 1.165) is 38.5 Å². The summed E-state index contributed by atoms with van der Waals surface area (Å²) >= 11 is 0. The highest BCUT2D eigenvalue weighted by atomic mass is 16.5. The molecular weight excluding hydrogens is 240 g/mol. The maximum Gasteiger partial charge on any atom is 0.315 e. The lowest BCUT2D eigenvalue weighted by Crippen LogP contribution is -2.66. The highest BCUT2D eigenvalue weighted by molar-refractivity contribution is 5.79. The zero-order valence-electron chi connectivity index (χ0n) is 12.4. The van der Waals surface area contributed by atoms with Crippen LogP contribution in [0.1, 0.15) is 59.3 Å². The van der Waals surface area contributed by atoms with E-state index in [9.17, 15) is 9.90 Å². The molecule has 19 heavy (non-hydrogen) atoms. The van der Waals surface area contributed by atoms with E-state index in [4.69, 9.17) is 4.74 Å². The lowest BCUT2D eigenvalue weighted by Gasteiger charge is -2.64. The molecule has 3 fully saturated rings. The van der Waals surface area contributed by atoms with Gasteiger partial charge in [0.25, 0.3) is 0 Å². The summed E-state index contributed by atoms with van der Waals surface area (Å²) in [4.78, 5) is 12.5. The average Bonchev–Trinajstić information content (AvgIpc) is 2.67. The summed E-state index contributed by atoms with van der Waals surface area (Å²) in [5, 5.41) is 11.3. The molecule has 1 N–H and O–H groups in total. The Kier molecular flexibility index (Phi) is 2.80. The summed E-state index contributed by atoms with van der Waals surface area (Å²) in [6.07, 6.45) is 5.48. The van der Waals surface area contributed by atoms with Gasteiger partial charge in [0.1, 0.15) is 0 Å². The van der Waals surface area contributed by atoms with Crippen molar-refractivity contribution in [1.29, 1.82) is 0 Å². The molecule has 0 aromatic heterocycles. The largest absolute Gasteiger partial charge is 0.465 e. The number of fused-ring (bicyclic) bond motifs is 3. The van der Waals surface area contributed by atoms with Crippen LogP contribution in [-0.4, -0.2) is 23.3 Å². The van der Waals surface area contributed by atoms with Gasteiger partial charge >= 0.3 is 5.97 Å². The van der Waals surface area contributed by atoms with Crippen molar-refractivity contribution in [3.63, 3.8) is 0 Å². The summed E-state index contributed by atoms with van der Waals surface area (Å²) in [6.45, 7) is 6.85. The Morgan fingerprint density at radius 2 is 2.00 bits per heavy atom. The Hall–Kier alpha value is -0.570. The Balaban J connectivity index is 1.92. The van der Waals surface area contributed by atoms with E-state index in [-0.39, 0.29) is 5.97 Å². The molecule has 3 aliphatic carbocycles. The summed E-state index contributed by atoms with van der Waals surface area (Å²) < 4.78 is 5.31.